The van der Waals surface area contributed by atoms with Crippen LogP contribution in [-0.2, 0) is 11.3 Å². The molecule has 0 aliphatic rings. The van der Waals surface area contributed by atoms with Gasteiger partial charge in [-0.1, -0.05) is 30.3 Å². The quantitative estimate of drug-likeness (QED) is 0.675. The number of methoxy groups -OCH3 is 1. The van der Waals surface area contributed by atoms with Crippen molar-refractivity contribution in [2.75, 3.05) is 7.11 Å². The van der Waals surface area contributed by atoms with E-state index in [4.69, 9.17) is 4.74 Å². The van der Waals surface area contributed by atoms with Gasteiger partial charge in [-0.3, -0.25) is 4.79 Å². The molecular formula is C16H14O5. The van der Waals surface area contributed by atoms with Gasteiger partial charge in [0.2, 0.25) is 0 Å². The van der Waals surface area contributed by atoms with Gasteiger partial charge in [0.1, 0.15) is 23.7 Å². The molecule has 0 aliphatic carbocycles. The molecule has 0 atom stereocenters. The molecular weight excluding hydrogens is 272 g/mol. The van der Waals surface area contributed by atoms with Gasteiger partial charge < -0.3 is 14.6 Å². The third-order valence-corrected chi connectivity index (χ3v) is 2.94. The van der Waals surface area contributed by atoms with E-state index in [1.807, 2.05) is 30.3 Å². The standard InChI is InChI=1S/C16H14O5/c1-20-16(19)12-7-8-14(13(9-17)15(12)18)21-10-11-5-3-2-4-6-11/h2-9,18H,10H2,1H3. The third kappa shape index (κ3) is 3.20. The van der Waals surface area contributed by atoms with Gasteiger partial charge in [0.05, 0.1) is 12.7 Å². The molecule has 0 unspecified atom stereocenters. The van der Waals surface area contributed by atoms with Gasteiger partial charge in [0, 0.05) is 0 Å². The highest BCUT2D eigenvalue weighted by molar-refractivity contribution is 5.97. The molecule has 21 heavy (non-hydrogen) atoms. The summed E-state index contributed by atoms with van der Waals surface area (Å²) < 4.78 is 10.0. The van der Waals surface area contributed by atoms with Gasteiger partial charge in [-0.2, -0.15) is 0 Å². The number of hydrogen-bond acceptors (Lipinski definition) is 5. The van der Waals surface area contributed by atoms with E-state index in [1.165, 1.54) is 19.2 Å². The Kier molecular flexibility index (Phi) is 4.56. The van der Waals surface area contributed by atoms with Crippen molar-refractivity contribution in [3.8, 4) is 11.5 Å². The first-order chi connectivity index (χ1) is 10.2. The molecule has 0 aliphatic heterocycles. The Morgan fingerprint density at radius 1 is 1.19 bits per heavy atom. The van der Waals surface area contributed by atoms with Gasteiger partial charge >= 0.3 is 5.97 Å². The van der Waals surface area contributed by atoms with Crippen LogP contribution in [0.15, 0.2) is 42.5 Å². The highest BCUT2D eigenvalue weighted by atomic mass is 16.5. The van der Waals surface area contributed by atoms with E-state index in [1.54, 1.807) is 0 Å². The molecule has 5 nitrogen and oxygen atoms in total. The summed E-state index contributed by atoms with van der Waals surface area (Å²) in [6.45, 7) is 0.249. The lowest BCUT2D eigenvalue weighted by molar-refractivity contribution is 0.0597. The second-order valence-electron chi connectivity index (χ2n) is 4.26. The number of esters is 1. The topological polar surface area (TPSA) is 72.8 Å². The lowest BCUT2D eigenvalue weighted by Crippen LogP contribution is -2.05. The first-order valence-corrected chi connectivity index (χ1v) is 6.23. The molecule has 2 rings (SSSR count). The highest BCUT2D eigenvalue weighted by Gasteiger charge is 2.18. The summed E-state index contributed by atoms with van der Waals surface area (Å²) in [4.78, 5) is 22.6. The minimum atomic E-state index is -0.717. The number of hydrogen-bond donors (Lipinski definition) is 1. The smallest absolute Gasteiger partial charge is 0.341 e. The van der Waals surface area contributed by atoms with Crippen LogP contribution in [0.5, 0.6) is 11.5 Å². The summed E-state index contributed by atoms with van der Waals surface area (Å²) in [5, 5.41) is 9.96. The second kappa shape index (κ2) is 6.56. The van der Waals surface area contributed by atoms with Crippen LogP contribution < -0.4 is 4.74 Å². The largest absolute Gasteiger partial charge is 0.506 e. The van der Waals surface area contributed by atoms with E-state index in [-0.39, 0.29) is 23.5 Å². The van der Waals surface area contributed by atoms with Crippen LogP contribution in [0.25, 0.3) is 0 Å². The number of rotatable bonds is 5. The molecule has 2 aromatic rings. The normalized spacial score (nSPS) is 9.95. The first-order valence-electron chi connectivity index (χ1n) is 6.23. The number of carbonyl (C=O) groups excluding carboxylic acids is 2. The number of aldehydes is 1. The van der Waals surface area contributed by atoms with Crippen LogP contribution >= 0.6 is 0 Å². The van der Waals surface area contributed by atoms with Crippen molar-refractivity contribution in [1.82, 2.24) is 0 Å². The van der Waals surface area contributed by atoms with Gasteiger partial charge in [0.25, 0.3) is 0 Å². The maximum atomic E-state index is 11.5. The van der Waals surface area contributed by atoms with Gasteiger partial charge in [0.15, 0.2) is 6.29 Å². The fraction of sp³-hybridized carbons (Fsp3) is 0.125. The number of benzene rings is 2. The third-order valence-electron chi connectivity index (χ3n) is 2.94. The number of carbonyl (C=O) groups is 2. The lowest BCUT2D eigenvalue weighted by atomic mass is 10.1. The van der Waals surface area contributed by atoms with Crippen molar-refractivity contribution in [3.05, 3.63) is 59.2 Å². The van der Waals surface area contributed by atoms with Crippen LogP contribution in [0.4, 0.5) is 0 Å². The van der Waals surface area contributed by atoms with Crippen LogP contribution in [0.2, 0.25) is 0 Å². The molecule has 2 aromatic carbocycles. The molecule has 0 heterocycles. The molecule has 0 aromatic heterocycles. The van der Waals surface area contributed by atoms with Crippen LogP contribution in [0.3, 0.4) is 0 Å². The summed E-state index contributed by atoms with van der Waals surface area (Å²) >= 11 is 0. The minimum Gasteiger partial charge on any atom is -0.506 e. The average Bonchev–Trinajstić information content (AvgIpc) is 2.53. The fourth-order valence-electron chi connectivity index (χ4n) is 1.84. The Bertz CT molecular complexity index is 649. The van der Waals surface area contributed by atoms with Crippen molar-refractivity contribution >= 4 is 12.3 Å². The van der Waals surface area contributed by atoms with Crippen molar-refractivity contribution in [2.45, 2.75) is 6.61 Å². The van der Waals surface area contributed by atoms with Crippen molar-refractivity contribution in [3.63, 3.8) is 0 Å². The molecule has 0 fully saturated rings. The number of aromatic hydroxyl groups is 1. The number of phenols is 1. The molecule has 0 bridgehead atoms. The van der Waals surface area contributed by atoms with Crippen molar-refractivity contribution < 1.29 is 24.2 Å². The molecule has 0 radical (unpaired) electrons. The van der Waals surface area contributed by atoms with E-state index < -0.39 is 11.7 Å². The van der Waals surface area contributed by atoms with E-state index in [2.05, 4.69) is 4.74 Å². The maximum absolute atomic E-state index is 11.5. The van der Waals surface area contributed by atoms with E-state index in [0.29, 0.717) is 6.29 Å². The van der Waals surface area contributed by atoms with Gasteiger partial charge in [-0.25, -0.2) is 4.79 Å². The Balaban J connectivity index is 2.26. The summed E-state index contributed by atoms with van der Waals surface area (Å²) in [6, 6.07) is 12.2. The molecule has 0 spiro atoms. The second-order valence-corrected chi connectivity index (χ2v) is 4.26. The van der Waals surface area contributed by atoms with E-state index in [0.717, 1.165) is 5.56 Å². The number of ether oxygens (including phenoxy) is 2. The zero-order valence-electron chi connectivity index (χ0n) is 11.4. The summed E-state index contributed by atoms with van der Waals surface area (Å²) in [5.41, 5.74) is 0.770. The molecule has 5 heteroatoms. The minimum absolute atomic E-state index is 0.0752. The molecule has 0 amide bonds. The predicted molar refractivity (Wildman–Crippen MR) is 75.6 cm³/mol. The van der Waals surface area contributed by atoms with Crippen LogP contribution in [0.1, 0.15) is 26.3 Å². The summed E-state index contributed by atoms with van der Waals surface area (Å²) in [6.07, 6.45) is 0.447. The molecule has 1 N–H and O–H groups in total. The molecule has 0 saturated carbocycles. The average molecular weight is 286 g/mol. The van der Waals surface area contributed by atoms with E-state index in [9.17, 15) is 14.7 Å². The zero-order chi connectivity index (χ0) is 15.2. The van der Waals surface area contributed by atoms with Crippen molar-refractivity contribution in [1.29, 1.82) is 0 Å². The lowest BCUT2D eigenvalue weighted by Gasteiger charge is -2.11. The summed E-state index contributed by atoms with van der Waals surface area (Å²) in [7, 11) is 1.20. The zero-order valence-corrected chi connectivity index (χ0v) is 11.4. The number of phenolic OH excluding ortho intramolecular Hbond substituents is 1. The monoisotopic (exact) mass is 286 g/mol. The first kappa shape index (κ1) is 14.6. The summed E-state index contributed by atoms with van der Waals surface area (Å²) in [5.74, 6) is -0.952. The molecule has 108 valence electrons. The predicted octanol–water partition coefficient (Wildman–Crippen LogP) is 2.57. The molecule has 0 saturated heterocycles. The highest BCUT2D eigenvalue weighted by Crippen LogP contribution is 2.30. The Labute approximate surface area is 121 Å². The van der Waals surface area contributed by atoms with Crippen LogP contribution in [0, 0.1) is 0 Å². The Hall–Kier alpha value is -2.82. The van der Waals surface area contributed by atoms with Crippen LogP contribution in [-0.4, -0.2) is 24.5 Å². The fourth-order valence-corrected chi connectivity index (χ4v) is 1.84. The Morgan fingerprint density at radius 2 is 1.90 bits per heavy atom. The van der Waals surface area contributed by atoms with Gasteiger partial charge in [-0.05, 0) is 17.7 Å². The van der Waals surface area contributed by atoms with Crippen molar-refractivity contribution in [2.24, 2.45) is 0 Å². The maximum Gasteiger partial charge on any atom is 0.341 e. The van der Waals surface area contributed by atoms with Gasteiger partial charge in [-0.15, -0.1) is 0 Å². The SMILES string of the molecule is COC(=O)c1ccc(OCc2ccccc2)c(C=O)c1O. The van der Waals surface area contributed by atoms with E-state index >= 15 is 0 Å². The Morgan fingerprint density at radius 3 is 2.52 bits per heavy atom.